The number of anilines is 4. The van der Waals surface area contributed by atoms with E-state index in [9.17, 15) is 14.9 Å². The number of carbonyl (C=O) groups excluding carboxylic acids is 1. The Hall–Kier alpha value is -4.19. The summed E-state index contributed by atoms with van der Waals surface area (Å²) in [4.78, 5) is 31.3. The fourth-order valence-corrected chi connectivity index (χ4v) is 5.72. The van der Waals surface area contributed by atoms with Crippen LogP contribution in [0.4, 0.5) is 22.7 Å². The van der Waals surface area contributed by atoms with E-state index in [0.717, 1.165) is 40.2 Å². The molecule has 0 spiro atoms. The third kappa shape index (κ3) is 4.20. The SMILES string of the molecule is COC(=O)C1CCN(c2cc3c(cc2C#N)N(c2cc(OC)cc4c2cc(C)c(=O)n4C)CCN3C)CC1. The van der Waals surface area contributed by atoms with E-state index < -0.39 is 0 Å². The van der Waals surface area contributed by atoms with E-state index in [1.165, 1.54) is 7.11 Å². The van der Waals surface area contributed by atoms with Crippen LogP contribution in [0.5, 0.6) is 5.75 Å². The van der Waals surface area contributed by atoms with Crippen LogP contribution in [0.2, 0.25) is 0 Å². The summed E-state index contributed by atoms with van der Waals surface area (Å²) in [5.74, 6) is 0.403. The van der Waals surface area contributed by atoms with Gasteiger partial charge in [-0.1, -0.05) is 0 Å². The van der Waals surface area contributed by atoms with Crippen LogP contribution in [0.1, 0.15) is 24.0 Å². The Morgan fingerprint density at radius 3 is 2.34 bits per heavy atom. The Balaban J connectivity index is 1.62. The molecule has 5 rings (SSSR count). The lowest BCUT2D eigenvalue weighted by Crippen LogP contribution is -2.39. The molecule has 0 N–H and O–H groups in total. The zero-order valence-electron chi connectivity index (χ0n) is 22.6. The van der Waals surface area contributed by atoms with Crippen LogP contribution in [-0.2, 0) is 16.6 Å². The maximum absolute atomic E-state index is 12.7. The minimum atomic E-state index is -0.163. The zero-order valence-corrected chi connectivity index (χ0v) is 22.6. The summed E-state index contributed by atoms with van der Waals surface area (Å²) in [6.45, 7) is 4.70. The highest BCUT2D eigenvalue weighted by atomic mass is 16.5. The van der Waals surface area contributed by atoms with Gasteiger partial charge in [-0.05, 0) is 38.0 Å². The van der Waals surface area contributed by atoms with Gasteiger partial charge < -0.3 is 28.7 Å². The minimum Gasteiger partial charge on any atom is -0.497 e. The Morgan fingerprint density at radius 2 is 1.68 bits per heavy atom. The van der Waals surface area contributed by atoms with E-state index >= 15 is 0 Å². The molecule has 3 heterocycles. The molecule has 0 saturated carbocycles. The van der Waals surface area contributed by atoms with E-state index in [1.807, 2.05) is 31.2 Å². The number of pyridine rings is 1. The zero-order chi connectivity index (χ0) is 27.1. The third-order valence-corrected chi connectivity index (χ3v) is 7.95. The van der Waals surface area contributed by atoms with Crippen molar-refractivity contribution < 1.29 is 14.3 Å². The molecule has 2 aliphatic heterocycles. The molecule has 2 aliphatic rings. The molecule has 0 aliphatic carbocycles. The van der Waals surface area contributed by atoms with Crippen LogP contribution in [0.15, 0.2) is 35.1 Å². The number of aryl methyl sites for hydroxylation is 2. The molecular weight excluding hydrogens is 482 g/mol. The number of piperidine rings is 1. The van der Waals surface area contributed by atoms with Gasteiger partial charge in [-0.25, -0.2) is 0 Å². The van der Waals surface area contributed by atoms with Crippen LogP contribution < -0.4 is 25.0 Å². The first kappa shape index (κ1) is 25.5. The first-order valence-electron chi connectivity index (χ1n) is 12.8. The first-order valence-corrected chi connectivity index (χ1v) is 12.8. The van der Waals surface area contributed by atoms with E-state index in [1.54, 1.807) is 18.7 Å². The second kappa shape index (κ2) is 9.93. The molecule has 2 aromatic carbocycles. The van der Waals surface area contributed by atoms with E-state index in [2.05, 4.69) is 33.9 Å². The van der Waals surface area contributed by atoms with Crippen LogP contribution in [0, 0.1) is 24.2 Å². The molecule has 0 bridgehead atoms. The predicted molar refractivity (Wildman–Crippen MR) is 149 cm³/mol. The number of hydrogen-bond acceptors (Lipinski definition) is 8. The van der Waals surface area contributed by atoms with Crippen molar-refractivity contribution in [3.05, 3.63) is 51.8 Å². The maximum Gasteiger partial charge on any atom is 0.308 e. The van der Waals surface area contributed by atoms with Gasteiger partial charge in [-0.15, -0.1) is 0 Å². The monoisotopic (exact) mass is 515 g/mol. The van der Waals surface area contributed by atoms with Gasteiger partial charge in [0, 0.05) is 63.4 Å². The number of nitrogens with zero attached hydrogens (tertiary/aromatic N) is 5. The predicted octanol–water partition coefficient (Wildman–Crippen LogP) is 3.70. The molecule has 1 aromatic heterocycles. The number of carbonyl (C=O) groups is 1. The standard InChI is InChI=1S/C29H33N5O4/c1-18-12-22-24(32(3)28(18)35)14-21(37-4)15-25(22)34-11-10-31(2)26-16-23(20(17-30)13-27(26)34)33-8-6-19(7-9-33)29(36)38-5/h12-16,19H,6-11H2,1-5H3. The largest absolute Gasteiger partial charge is 0.497 e. The highest BCUT2D eigenvalue weighted by Gasteiger charge is 2.30. The quantitative estimate of drug-likeness (QED) is 0.486. The topological polar surface area (TPSA) is 91.0 Å². The molecule has 38 heavy (non-hydrogen) atoms. The van der Waals surface area contributed by atoms with E-state index in [4.69, 9.17) is 9.47 Å². The number of esters is 1. The fourth-order valence-electron chi connectivity index (χ4n) is 5.72. The first-order chi connectivity index (χ1) is 18.3. The molecule has 1 saturated heterocycles. The number of ether oxygens (including phenoxy) is 2. The van der Waals surface area contributed by atoms with Gasteiger partial charge >= 0.3 is 5.97 Å². The summed E-state index contributed by atoms with van der Waals surface area (Å²) < 4.78 is 12.2. The van der Waals surface area contributed by atoms with Crippen LogP contribution >= 0.6 is 0 Å². The summed E-state index contributed by atoms with van der Waals surface area (Å²) in [6, 6.07) is 12.3. The van der Waals surface area contributed by atoms with Crippen molar-refractivity contribution >= 4 is 39.6 Å². The van der Waals surface area contributed by atoms with Gasteiger partial charge in [0.2, 0.25) is 0 Å². The number of hydrogen-bond donors (Lipinski definition) is 0. The average Bonchev–Trinajstić information content (AvgIpc) is 2.95. The fraction of sp³-hybridized carbons (Fsp3) is 0.414. The molecule has 198 valence electrons. The van der Waals surface area contributed by atoms with Crippen molar-refractivity contribution in [3.63, 3.8) is 0 Å². The number of aromatic nitrogens is 1. The molecule has 9 nitrogen and oxygen atoms in total. The van der Waals surface area contributed by atoms with Gasteiger partial charge in [-0.2, -0.15) is 5.26 Å². The van der Waals surface area contributed by atoms with Crippen molar-refractivity contribution in [1.82, 2.24) is 4.57 Å². The summed E-state index contributed by atoms with van der Waals surface area (Å²) in [7, 11) is 6.90. The molecule has 0 radical (unpaired) electrons. The average molecular weight is 516 g/mol. The van der Waals surface area contributed by atoms with Gasteiger partial charge in [0.05, 0.1) is 54.0 Å². The normalized spacial score (nSPS) is 15.8. The van der Waals surface area contributed by atoms with Crippen molar-refractivity contribution in [2.75, 3.05) is 62.1 Å². The molecular formula is C29H33N5O4. The lowest BCUT2D eigenvalue weighted by atomic mass is 9.95. The number of nitriles is 1. The van der Waals surface area contributed by atoms with Crippen molar-refractivity contribution in [3.8, 4) is 11.8 Å². The summed E-state index contributed by atoms with van der Waals surface area (Å²) in [6.07, 6.45) is 1.40. The summed E-state index contributed by atoms with van der Waals surface area (Å²) in [5, 5.41) is 11.1. The van der Waals surface area contributed by atoms with Gasteiger partial charge in [-0.3, -0.25) is 9.59 Å². The molecule has 1 fully saturated rings. The third-order valence-electron chi connectivity index (χ3n) is 7.95. The van der Waals surface area contributed by atoms with Crippen LogP contribution in [0.25, 0.3) is 10.9 Å². The Kier molecular flexibility index (Phi) is 6.66. The number of rotatable bonds is 4. The van der Waals surface area contributed by atoms with Crippen LogP contribution in [-0.4, -0.2) is 58.0 Å². The van der Waals surface area contributed by atoms with Crippen molar-refractivity contribution in [2.24, 2.45) is 13.0 Å². The molecule has 0 atom stereocenters. The highest BCUT2D eigenvalue weighted by Crippen LogP contribution is 2.44. The second-order valence-electron chi connectivity index (χ2n) is 10.1. The molecule has 0 unspecified atom stereocenters. The van der Waals surface area contributed by atoms with Crippen LogP contribution in [0.3, 0.4) is 0 Å². The van der Waals surface area contributed by atoms with E-state index in [0.29, 0.717) is 49.4 Å². The molecule has 3 aromatic rings. The number of fused-ring (bicyclic) bond motifs is 2. The minimum absolute atomic E-state index is 0.0390. The lowest BCUT2D eigenvalue weighted by molar-refractivity contribution is -0.146. The number of methoxy groups -OCH3 is 2. The Morgan fingerprint density at radius 1 is 0.947 bits per heavy atom. The van der Waals surface area contributed by atoms with Gasteiger partial charge in [0.15, 0.2) is 0 Å². The van der Waals surface area contributed by atoms with Gasteiger partial charge in [0.25, 0.3) is 5.56 Å². The summed E-state index contributed by atoms with van der Waals surface area (Å²) >= 11 is 0. The van der Waals surface area contributed by atoms with Crippen molar-refractivity contribution in [1.29, 1.82) is 5.26 Å². The smallest absolute Gasteiger partial charge is 0.308 e. The second-order valence-corrected chi connectivity index (χ2v) is 10.1. The highest BCUT2D eigenvalue weighted by molar-refractivity contribution is 5.98. The Labute approximate surface area is 222 Å². The maximum atomic E-state index is 12.7. The number of likely N-dealkylation sites (N-methyl/N-ethyl adjacent to an activating group) is 1. The molecule has 0 amide bonds. The van der Waals surface area contributed by atoms with Gasteiger partial charge in [0.1, 0.15) is 11.8 Å². The van der Waals surface area contributed by atoms with Crippen molar-refractivity contribution in [2.45, 2.75) is 19.8 Å². The number of benzene rings is 2. The Bertz CT molecular complexity index is 1510. The summed E-state index contributed by atoms with van der Waals surface area (Å²) in [5.41, 5.74) is 5.80. The molecule has 9 heteroatoms. The van der Waals surface area contributed by atoms with E-state index in [-0.39, 0.29) is 17.4 Å². The lowest BCUT2D eigenvalue weighted by Gasteiger charge is -2.40.